The summed E-state index contributed by atoms with van der Waals surface area (Å²) in [6.45, 7) is 7.82. The maximum absolute atomic E-state index is 4.51. The minimum Gasteiger partial charge on any atom is -0.348 e. The molecule has 3 aliphatic heterocycles. The summed E-state index contributed by atoms with van der Waals surface area (Å²) in [4.78, 5) is 14.5. The fourth-order valence-electron chi connectivity index (χ4n) is 4.41. The van der Waals surface area contributed by atoms with Gasteiger partial charge in [0.2, 0.25) is 0 Å². The third-order valence-electron chi connectivity index (χ3n) is 5.78. The van der Waals surface area contributed by atoms with Gasteiger partial charge in [0.05, 0.1) is 12.0 Å². The van der Waals surface area contributed by atoms with Gasteiger partial charge in [0.15, 0.2) is 0 Å². The van der Waals surface area contributed by atoms with Crippen molar-refractivity contribution in [3.8, 4) is 0 Å². The molecule has 2 bridgehead atoms. The fraction of sp³-hybridized carbons (Fsp3) is 0.550. The van der Waals surface area contributed by atoms with Gasteiger partial charge in [-0.1, -0.05) is 18.2 Å². The molecule has 1 aromatic heterocycles. The number of aryl methyl sites for hydroxylation is 1. The quantitative estimate of drug-likeness (QED) is 0.831. The predicted molar refractivity (Wildman–Crippen MR) is 104 cm³/mol. The molecule has 3 aliphatic rings. The second-order valence-corrected chi connectivity index (χ2v) is 8.35. The monoisotopic (exact) mass is 356 g/mol. The van der Waals surface area contributed by atoms with E-state index >= 15 is 0 Å². The van der Waals surface area contributed by atoms with Gasteiger partial charge in [-0.3, -0.25) is 9.80 Å². The summed E-state index contributed by atoms with van der Waals surface area (Å²) < 4.78 is 0. The van der Waals surface area contributed by atoms with Gasteiger partial charge in [-0.25, -0.2) is 4.98 Å². The Morgan fingerprint density at radius 2 is 2.04 bits per heavy atom. The maximum atomic E-state index is 4.51. The first-order valence-electron chi connectivity index (χ1n) is 9.30. The van der Waals surface area contributed by atoms with Crippen molar-refractivity contribution in [1.29, 1.82) is 0 Å². The van der Waals surface area contributed by atoms with Crippen LogP contribution in [0.3, 0.4) is 0 Å². The number of fused-ring (bicyclic) bond motifs is 4. The number of nitrogens with zero attached hydrogens (tertiary/aromatic N) is 3. The molecule has 4 nitrogen and oxygen atoms in total. The summed E-state index contributed by atoms with van der Waals surface area (Å²) in [6, 6.07) is 9.56. The third kappa shape index (κ3) is 3.78. The highest BCUT2D eigenvalue weighted by atomic mass is 32.2. The first-order chi connectivity index (χ1) is 12.2. The van der Waals surface area contributed by atoms with Gasteiger partial charge in [0, 0.05) is 49.4 Å². The highest BCUT2D eigenvalue weighted by Gasteiger charge is 2.35. The van der Waals surface area contributed by atoms with Crippen LogP contribution in [-0.4, -0.2) is 51.7 Å². The Kier molecular flexibility index (Phi) is 5.15. The molecule has 25 heavy (non-hydrogen) atoms. The van der Waals surface area contributed by atoms with Crippen molar-refractivity contribution in [3.63, 3.8) is 0 Å². The molecule has 5 rings (SSSR count). The molecule has 1 aromatic carbocycles. The van der Waals surface area contributed by atoms with Gasteiger partial charge in [0.1, 0.15) is 0 Å². The van der Waals surface area contributed by atoms with Crippen LogP contribution in [0.2, 0.25) is 0 Å². The molecule has 0 unspecified atom stereocenters. The van der Waals surface area contributed by atoms with E-state index in [1.54, 1.807) is 0 Å². The molecule has 134 valence electrons. The lowest BCUT2D eigenvalue weighted by atomic mass is 9.94. The molecular formula is C20H28N4S. The van der Waals surface area contributed by atoms with Crippen molar-refractivity contribution in [2.45, 2.75) is 43.8 Å². The van der Waals surface area contributed by atoms with Crippen LogP contribution in [0.1, 0.15) is 29.8 Å². The molecule has 0 aliphatic carbocycles. The smallest absolute Gasteiger partial charge is 0.0925 e. The number of aromatic amines is 1. The predicted octanol–water partition coefficient (Wildman–Crippen LogP) is 3.54. The van der Waals surface area contributed by atoms with Crippen molar-refractivity contribution >= 4 is 11.8 Å². The Hall–Kier alpha value is -1.30. The van der Waals surface area contributed by atoms with E-state index in [1.165, 1.54) is 54.3 Å². The zero-order valence-electron chi connectivity index (χ0n) is 15.2. The number of nitrogens with one attached hydrogen (secondary N) is 1. The molecule has 0 amide bonds. The van der Waals surface area contributed by atoms with Crippen molar-refractivity contribution in [2.75, 3.05) is 25.9 Å². The van der Waals surface area contributed by atoms with Crippen LogP contribution >= 0.6 is 11.8 Å². The van der Waals surface area contributed by atoms with Gasteiger partial charge in [0.25, 0.3) is 0 Å². The second kappa shape index (κ2) is 7.52. The van der Waals surface area contributed by atoms with E-state index < -0.39 is 0 Å². The Morgan fingerprint density at radius 3 is 2.84 bits per heavy atom. The van der Waals surface area contributed by atoms with E-state index in [1.807, 2.05) is 18.1 Å². The average Bonchev–Trinajstić information content (AvgIpc) is 2.83. The molecule has 1 N–H and O–H groups in total. The number of aromatic nitrogens is 2. The number of hydrogen-bond acceptors (Lipinski definition) is 4. The normalized spacial score (nSPS) is 24.6. The summed E-state index contributed by atoms with van der Waals surface area (Å²) in [6.07, 6.45) is 6.72. The molecule has 3 saturated heterocycles. The summed E-state index contributed by atoms with van der Waals surface area (Å²) in [5.41, 5.74) is 3.90. The zero-order valence-corrected chi connectivity index (χ0v) is 16.1. The number of rotatable bonds is 5. The second-order valence-electron chi connectivity index (χ2n) is 7.51. The molecular weight excluding hydrogens is 328 g/mol. The lowest BCUT2D eigenvalue weighted by Gasteiger charge is -2.36. The standard InChI is InChI=1S/C20H28N4S/c1-15-19(22-14-21-15)13-23-9-16-7-8-18(12-23)24(10-16)11-17-5-3-4-6-20(17)25-2/h3-6,14,16,18H,7-13H2,1-2H3,(H,21,22)/t16-,18+/m1/s1. The number of H-pyrrole nitrogens is 1. The number of piperidine rings is 1. The van der Waals surface area contributed by atoms with Crippen molar-refractivity contribution in [2.24, 2.45) is 5.92 Å². The van der Waals surface area contributed by atoms with Crippen molar-refractivity contribution in [3.05, 3.63) is 47.5 Å². The lowest BCUT2D eigenvalue weighted by Crippen LogP contribution is -2.43. The molecule has 0 spiro atoms. The Morgan fingerprint density at radius 1 is 1.16 bits per heavy atom. The van der Waals surface area contributed by atoms with Crippen LogP contribution in [0.5, 0.6) is 0 Å². The van der Waals surface area contributed by atoms with Crippen LogP contribution < -0.4 is 0 Å². The highest BCUT2D eigenvalue weighted by Crippen LogP contribution is 2.31. The fourth-order valence-corrected chi connectivity index (χ4v) is 5.02. The summed E-state index contributed by atoms with van der Waals surface area (Å²) in [7, 11) is 0. The van der Waals surface area contributed by atoms with Gasteiger partial charge in [-0.2, -0.15) is 0 Å². The van der Waals surface area contributed by atoms with E-state index in [2.05, 4.69) is 57.2 Å². The summed E-state index contributed by atoms with van der Waals surface area (Å²) in [5, 5.41) is 0. The SMILES string of the molecule is CSc1ccccc1CN1C[C@@H]2CC[C@H]1CN(Cc1nc[nH]c1C)C2. The van der Waals surface area contributed by atoms with Crippen LogP contribution in [0.4, 0.5) is 0 Å². The molecule has 0 radical (unpaired) electrons. The first kappa shape index (κ1) is 17.1. The van der Waals surface area contributed by atoms with E-state index in [0.717, 1.165) is 19.0 Å². The van der Waals surface area contributed by atoms with E-state index in [4.69, 9.17) is 0 Å². The molecule has 0 saturated carbocycles. The Balaban J connectivity index is 1.47. The van der Waals surface area contributed by atoms with Crippen molar-refractivity contribution in [1.82, 2.24) is 19.8 Å². The third-order valence-corrected chi connectivity index (χ3v) is 6.61. The zero-order chi connectivity index (χ0) is 17.2. The van der Waals surface area contributed by atoms with Crippen molar-refractivity contribution < 1.29 is 0 Å². The number of benzene rings is 1. The Labute approximate surface area is 155 Å². The highest BCUT2D eigenvalue weighted by molar-refractivity contribution is 7.98. The lowest BCUT2D eigenvalue weighted by molar-refractivity contribution is 0.122. The molecule has 3 fully saturated rings. The van der Waals surface area contributed by atoms with Crippen LogP contribution in [0.25, 0.3) is 0 Å². The molecule has 2 atom stereocenters. The van der Waals surface area contributed by atoms with Crippen LogP contribution in [0, 0.1) is 12.8 Å². The van der Waals surface area contributed by atoms with Gasteiger partial charge >= 0.3 is 0 Å². The van der Waals surface area contributed by atoms with Gasteiger partial charge < -0.3 is 4.98 Å². The minimum atomic E-state index is 0.674. The van der Waals surface area contributed by atoms with Crippen LogP contribution in [0.15, 0.2) is 35.5 Å². The minimum absolute atomic E-state index is 0.674. The molecule has 2 aromatic rings. The van der Waals surface area contributed by atoms with E-state index in [0.29, 0.717) is 6.04 Å². The topological polar surface area (TPSA) is 35.2 Å². The van der Waals surface area contributed by atoms with E-state index in [9.17, 15) is 0 Å². The Bertz CT molecular complexity index is 713. The van der Waals surface area contributed by atoms with E-state index in [-0.39, 0.29) is 0 Å². The molecule has 5 heteroatoms. The number of thioether (sulfide) groups is 1. The molecule has 4 heterocycles. The van der Waals surface area contributed by atoms with Crippen LogP contribution in [-0.2, 0) is 13.1 Å². The van der Waals surface area contributed by atoms with Gasteiger partial charge in [-0.05, 0) is 43.6 Å². The number of imidazole rings is 1. The van der Waals surface area contributed by atoms with Gasteiger partial charge in [-0.15, -0.1) is 11.8 Å². The maximum Gasteiger partial charge on any atom is 0.0925 e. The largest absolute Gasteiger partial charge is 0.348 e. The average molecular weight is 357 g/mol. The number of hydrogen-bond donors (Lipinski definition) is 1. The summed E-state index contributed by atoms with van der Waals surface area (Å²) in [5.74, 6) is 0.791. The first-order valence-corrected chi connectivity index (χ1v) is 10.5. The summed E-state index contributed by atoms with van der Waals surface area (Å²) >= 11 is 1.87.